The largest absolute Gasteiger partial charge is 0.342 e. The molecule has 0 spiro atoms. The predicted octanol–water partition coefficient (Wildman–Crippen LogP) is 2.11. The van der Waals surface area contributed by atoms with Crippen molar-refractivity contribution in [2.75, 3.05) is 4.90 Å². The number of anilines is 1. The Bertz CT molecular complexity index is 1090. The highest BCUT2D eigenvalue weighted by atomic mass is 15.4. The second-order valence-corrected chi connectivity index (χ2v) is 7.29. The molecule has 0 amide bonds. The van der Waals surface area contributed by atoms with E-state index in [0.717, 1.165) is 29.6 Å². The molecule has 1 N–H and O–H groups in total. The summed E-state index contributed by atoms with van der Waals surface area (Å²) >= 11 is 0. The maximum absolute atomic E-state index is 4.96. The van der Waals surface area contributed by atoms with Crippen molar-refractivity contribution in [3.05, 3.63) is 48.7 Å². The van der Waals surface area contributed by atoms with E-state index in [9.17, 15) is 0 Å². The highest BCUT2D eigenvalue weighted by Gasteiger charge is 2.35. The summed E-state index contributed by atoms with van der Waals surface area (Å²) in [6.45, 7) is 6.48. The lowest BCUT2D eigenvalue weighted by atomic mass is 10.1. The number of nitrogens with one attached hydrogen (secondary N) is 1. The number of nitrogens with zero attached hydrogens (tertiary/aromatic N) is 9. The third-order valence-corrected chi connectivity index (χ3v) is 5.23. The van der Waals surface area contributed by atoms with Gasteiger partial charge in [0.25, 0.3) is 0 Å². The summed E-state index contributed by atoms with van der Waals surface area (Å²) in [4.78, 5) is 16.4. The van der Waals surface area contributed by atoms with Crippen molar-refractivity contribution in [3.8, 4) is 11.6 Å². The van der Waals surface area contributed by atoms with Crippen LogP contribution in [0.3, 0.4) is 0 Å². The van der Waals surface area contributed by atoms with Gasteiger partial charge in [0.1, 0.15) is 23.9 Å². The normalized spacial score (nSPS) is 19.9. The molecule has 2 aliphatic heterocycles. The lowest BCUT2D eigenvalue weighted by molar-refractivity contribution is 0.496. The van der Waals surface area contributed by atoms with Gasteiger partial charge in [-0.3, -0.25) is 14.6 Å². The van der Waals surface area contributed by atoms with Crippen molar-refractivity contribution in [2.45, 2.75) is 45.3 Å². The molecule has 2 aliphatic rings. The van der Waals surface area contributed by atoms with Gasteiger partial charge in [-0.2, -0.15) is 10.1 Å². The molecule has 0 aromatic carbocycles. The van der Waals surface area contributed by atoms with Gasteiger partial charge in [-0.25, -0.2) is 9.97 Å². The summed E-state index contributed by atoms with van der Waals surface area (Å²) in [5.74, 6) is 3.14. The Hall–Kier alpha value is -3.56. The van der Waals surface area contributed by atoms with Crippen LogP contribution in [0.15, 0.2) is 42.2 Å². The summed E-state index contributed by atoms with van der Waals surface area (Å²) in [5.41, 5.74) is 3.94. The second-order valence-electron chi connectivity index (χ2n) is 7.29. The van der Waals surface area contributed by atoms with Gasteiger partial charge >= 0.3 is 0 Å². The molecule has 148 valence electrons. The van der Waals surface area contributed by atoms with Crippen LogP contribution in [0.1, 0.15) is 50.9 Å². The van der Waals surface area contributed by atoms with Gasteiger partial charge in [-0.15, -0.1) is 10.2 Å². The maximum atomic E-state index is 4.96. The van der Waals surface area contributed by atoms with Crippen LogP contribution >= 0.6 is 0 Å². The van der Waals surface area contributed by atoms with E-state index in [1.54, 1.807) is 18.7 Å². The van der Waals surface area contributed by atoms with Crippen LogP contribution in [0, 0.1) is 0 Å². The van der Waals surface area contributed by atoms with Gasteiger partial charge in [-0.1, -0.05) is 13.0 Å². The highest BCUT2D eigenvalue weighted by molar-refractivity contribution is 5.71. The molecular weight excluding hydrogens is 368 g/mol. The molecule has 0 bridgehead atoms. The summed E-state index contributed by atoms with van der Waals surface area (Å²) < 4.78 is 3.88. The molecule has 2 atom stereocenters. The fourth-order valence-electron chi connectivity index (χ4n) is 3.97. The van der Waals surface area contributed by atoms with E-state index in [1.165, 1.54) is 0 Å². The fraction of sp³-hybridized carbons (Fsp3) is 0.368. The molecule has 1 unspecified atom stereocenters. The molecule has 0 fully saturated rings. The molecular formula is C19H22N10. The Labute approximate surface area is 168 Å². The number of imidazole rings is 1. The molecule has 0 radical (unpaired) electrons. The topological polar surface area (TPSA) is 102 Å². The van der Waals surface area contributed by atoms with Crippen LogP contribution in [0.5, 0.6) is 0 Å². The Balaban J connectivity index is 1.64. The first-order valence-corrected chi connectivity index (χ1v) is 9.73. The zero-order valence-corrected chi connectivity index (χ0v) is 16.5. The molecule has 3 aromatic rings. The second kappa shape index (κ2) is 6.80. The zero-order valence-electron chi connectivity index (χ0n) is 16.5. The van der Waals surface area contributed by atoms with Crippen molar-refractivity contribution in [1.82, 2.24) is 39.7 Å². The Kier molecular flexibility index (Phi) is 4.11. The number of hydrazone groups is 1. The SMILES string of the molecule is CC[C@@H]1c2nncn2-c2cnc(-n3ccnc3C3C=CC=NN3)nc2N1C(C)C. The first kappa shape index (κ1) is 17.5. The Morgan fingerprint density at radius 2 is 2.07 bits per heavy atom. The standard InChI is InChI=1S/C19H22N10/c1-4-14-18-26-23-11-28(18)15-10-21-19(24-17(15)29(14)12(2)3)27-9-8-20-16(27)13-6-5-7-22-25-13/h5-14,25H,4H2,1-3H3/t13?,14-/m1/s1. The summed E-state index contributed by atoms with van der Waals surface area (Å²) in [6.07, 6.45) is 13.7. The van der Waals surface area contributed by atoms with E-state index in [-0.39, 0.29) is 18.1 Å². The first-order chi connectivity index (χ1) is 14.2. The minimum atomic E-state index is -0.135. The average Bonchev–Trinajstić information content (AvgIpc) is 3.42. The number of hydrogen-bond acceptors (Lipinski definition) is 8. The number of hydrogen-bond donors (Lipinski definition) is 1. The van der Waals surface area contributed by atoms with Gasteiger partial charge in [-0.05, 0) is 26.3 Å². The van der Waals surface area contributed by atoms with Gasteiger partial charge < -0.3 is 4.90 Å². The molecule has 5 rings (SSSR count). The van der Waals surface area contributed by atoms with E-state index >= 15 is 0 Å². The van der Waals surface area contributed by atoms with Crippen LogP contribution < -0.4 is 10.3 Å². The van der Waals surface area contributed by atoms with Gasteiger partial charge in [0.15, 0.2) is 11.6 Å². The third kappa shape index (κ3) is 2.71. The van der Waals surface area contributed by atoms with E-state index in [2.05, 4.69) is 56.4 Å². The van der Waals surface area contributed by atoms with Crippen molar-refractivity contribution in [1.29, 1.82) is 0 Å². The average molecular weight is 390 g/mol. The van der Waals surface area contributed by atoms with Gasteiger partial charge in [0.05, 0.1) is 12.2 Å². The van der Waals surface area contributed by atoms with Crippen molar-refractivity contribution >= 4 is 12.0 Å². The molecule has 0 saturated heterocycles. The number of aromatic nitrogens is 7. The molecule has 3 aromatic heterocycles. The number of fused-ring (bicyclic) bond motifs is 3. The van der Waals surface area contributed by atoms with Gasteiger partial charge in [0, 0.05) is 24.7 Å². The molecule has 0 saturated carbocycles. The van der Waals surface area contributed by atoms with Crippen molar-refractivity contribution in [2.24, 2.45) is 5.10 Å². The van der Waals surface area contributed by atoms with E-state index in [4.69, 9.17) is 4.98 Å². The molecule has 10 heteroatoms. The van der Waals surface area contributed by atoms with Crippen LogP contribution in [-0.4, -0.2) is 46.5 Å². The molecule has 0 aliphatic carbocycles. The summed E-state index contributed by atoms with van der Waals surface area (Å²) in [5, 5.41) is 12.6. The third-order valence-electron chi connectivity index (χ3n) is 5.23. The van der Waals surface area contributed by atoms with Crippen LogP contribution in [-0.2, 0) is 0 Å². The molecule has 29 heavy (non-hydrogen) atoms. The first-order valence-electron chi connectivity index (χ1n) is 9.73. The quantitative estimate of drug-likeness (QED) is 0.728. The number of rotatable bonds is 4. The predicted molar refractivity (Wildman–Crippen MR) is 108 cm³/mol. The zero-order chi connectivity index (χ0) is 20.0. The number of allylic oxidation sites excluding steroid dienone is 1. The molecule has 5 heterocycles. The Morgan fingerprint density at radius 1 is 1.17 bits per heavy atom. The van der Waals surface area contributed by atoms with E-state index in [0.29, 0.717) is 5.95 Å². The van der Waals surface area contributed by atoms with E-state index in [1.807, 2.05) is 33.7 Å². The monoisotopic (exact) mass is 390 g/mol. The highest BCUT2D eigenvalue weighted by Crippen LogP contribution is 2.39. The smallest absolute Gasteiger partial charge is 0.237 e. The summed E-state index contributed by atoms with van der Waals surface area (Å²) in [6, 6.07) is 0.211. The van der Waals surface area contributed by atoms with Gasteiger partial charge in [0.2, 0.25) is 5.95 Å². The Morgan fingerprint density at radius 3 is 2.83 bits per heavy atom. The van der Waals surface area contributed by atoms with Crippen LogP contribution in [0.4, 0.5) is 5.82 Å². The van der Waals surface area contributed by atoms with Crippen molar-refractivity contribution < 1.29 is 0 Å². The maximum Gasteiger partial charge on any atom is 0.237 e. The fourth-order valence-corrected chi connectivity index (χ4v) is 3.97. The summed E-state index contributed by atoms with van der Waals surface area (Å²) in [7, 11) is 0. The lowest BCUT2D eigenvalue weighted by Crippen LogP contribution is -2.40. The van der Waals surface area contributed by atoms with Crippen LogP contribution in [0.25, 0.3) is 11.6 Å². The minimum Gasteiger partial charge on any atom is -0.342 e. The lowest BCUT2D eigenvalue weighted by Gasteiger charge is -2.39. The molecule has 10 nitrogen and oxygen atoms in total. The van der Waals surface area contributed by atoms with Crippen LogP contribution in [0.2, 0.25) is 0 Å². The van der Waals surface area contributed by atoms with Crippen molar-refractivity contribution in [3.63, 3.8) is 0 Å². The van der Waals surface area contributed by atoms with E-state index < -0.39 is 0 Å². The minimum absolute atomic E-state index is 0.104.